The second-order valence-electron chi connectivity index (χ2n) is 3.26. The van der Waals surface area contributed by atoms with Crippen LogP contribution in [0.2, 0.25) is 5.15 Å². The quantitative estimate of drug-likeness (QED) is 0.619. The van der Waals surface area contributed by atoms with Gasteiger partial charge in [-0.15, -0.1) is 11.3 Å². The van der Waals surface area contributed by atoms with E-state index in [0.717, 1.165) is 21.5 Å². The molecule has 0 amide bonds. The minimum absolute atomic E-state index is 0.482. The fourth-order valence-corrected chi connectivity index (χ4v) is 2.23. The van der Waals surface area contributed by atoms with Crippen molar-refractivity contribution in [2.45, 2.75) is 0 Å². The maximum Gasteiger partial charge on any atom is 0.129 e. The van der Waals surface area contributed by atoms with Crippen LogP contribution >= 0.6 is 22.9 Å². The summed E-state index contributed by atoms with van der Waals surface area (Å²) in [6.45, 7) is 0. The topological polar surface area (TPSA) is 38.7 Å². The van der Waals surface area contributed by atoms with Crippen molar-refractivity contribution < 1.29 is 0 Å². The average molecular weight is 248 g/mol. The molecule has 5 heteroatoms. The molecule has 0 atom stereocenters. The zero-order chi connectivity index (χ0) is 11.0. The molecule has 0 saturated carbocycles. The van der Waals surface area contributed by atoms with E-state index < -0.39 is 0 Å². The van der Waals surface area contributed by atoms with Gasteiger partial charge in [0, 0.05) is 18.0 Å². The Labute approximate surface area is 101 Å². The minimum atomic E-state index is 0.482. The van der Waals surface area contributed by atoms with Gasteiger partial charge in [0.25, 0.3) is 0 Å². The van der Waals surface area contributed by atoms with Gasteiger partial charge in [0.2, 0.25) is 0 Å². The van der Waals surface area contributed by atoms with Crippen LogP contribution in [0.5, 0.6) is 0 Å². The summed E-state index contributed by atoms with van der Waals surface area (Å²) in [5.74, 6) is 0. The fourth-order valence-electron chi connectivity index (χ4n) is 1.47. The third kappa shape index (κ3) is 1.66. The highest BCUT2D eigenvalue weighted by atomic mass is 35.5. The molecule has 0 aliphatic heterocycles. The van der Waals surface area contributed by atoms with Crippen LogP contribution in [0.3, 0.4) is 0 Å². The Kier molecular flexibility index (Phi) is 2.31. The molecule has 0 saturated heterocycles. The number of fused-ring (bicyclic) bond motifs is 1. The first-order valence-corrected chi connectivity index (χ1v) is 5.90. The molecule has 3 nitrogen and oxygen atoms in total. The van der Waals surface area contributed by atoms with E-state index in [4.69, 9.17) is 11.6 Å². The molecule has 0 N–H and O–H groups in total. The predicted molar refractivity (Wildman–Crippen MR) is 65.7 cm³/mol. The molecule has 3 heterocycles. The standard InChI is InChI=1S/C11H6ClN3S/c12-11-2-1-8-9(15-11)3-7(4-14-8)10-5-13-6-16-10/h1-6H. The zero-order valence-corrected chi connectivity index (χ0v) is 9.66. The van der Waals surface area contributed by atoms with E-state index in [9.17, 15) is 0 Å². The minimum Gasteiger partial charge on any atom is -0.254 e. The van der Waals surface area contributed by atoms with Crippen LogP contribution in [0.25, 0.3) is 21.5 Å². The summed E-state index contributed by atoms with van der Waals surface area (Å²) in [5, 5.41) is 0.482. The van der Waals surface area contributed by atoms with Gasteiger partial charge < -0.3 is 0 Å². The van der Waals surface area contributed by atoms with Gasteiger partial charge in [-0.3, -0.25) is 9.97 Å². The summed E-state index contributed by atoms with van der Waals surface area (Å²) in [4.78, 5) is 13.7. The SMILES string of the molecule is Clc1ccc2ncc(-c3cncs3)cc2n1. The van der Waals surface area contributed by atoms with Crippen LogP contribution in [-0.4, -0.2) is 15.0 Å². The lowest BCUT2D eigenvalue weighted by Crippen LogP contribution is -1.84. The Morgan fingerprint density at radius 3 is 2.88 bits per heavy atom. The second kappa shape index (κ2) is 3.81. The summed E-state index contributed by atoms with van der Waals surface area (Å²) in [7, 11) is 0. The Morgan fingerprint density at radius 1 is 1.12 bits per heavy atom. The van der Waals surface area contributed by atoms with E-state index in [2.05, 4.69) is 15.0 Å². The lowest BCUT2D eigenvalue weighted by Gasteiger charge is -2.00. The number of aromatic nitrogens is 3. The van der Waals surface area contributed by atoms with E-state index >= 15 is 0 Å². The predicted octanol–water partition coefficient (Wildman–Crippen LogP) is 3.41. The molecule has 0 unspecified atom stereocenters. The van der Waals surface area contributed by atoms with Gasteiger partial charge in [-0.05, 0) is 18.2 Å². The molecule has 0 radical (unpaired) electrons. The molecule has 0 aromatic carbocycles. The molecule has 0 bridgehead atoms. The number of rotatable bonds is 1. The Bertz CT molecular complexity index is 637. The first-order valence-electron chi connectivity index (χ1n) is 4.64. The van der Waals surface area contributed by atoms with Gasteiger partial charge >= 0.3 is 0 Å². The van der Waals surface area contributed by atoms with Crippen LogP contribution in [0.4, 0.5) is 0 Å². The number of halogens is 1. The van der Waals surface area contributed by atoms with Gasteiger partial charge in [-0.1, -0.05) is 11.6 Å². The van der Waals surface area contributed by atoms with E-state index in [0.29, 0.717) is 5.15 Å². The van der Waals surface area contributed by atoms with E-state index in [-0.39, 0.29) is 0 Å². The second-order valence-corrected chi connectivity index (χ2v) is 4.54. The number of thiazole rings is 1. The Hall–Kier alpha value is -1.52. The first kappa shape index (κ1) is 9.69. The van der Waals surface area contributed by atoms with Crippen molar-refractivity contribution in [3.05, 3.63) is 41.3 Å². The molecule has 16 heavy (non-hydrogen) atoms. The van der Waals surface area contributed by atoms with Gasteiger partial charge in [-0.2, -0.15) is 0 Å². The summed E-state index contributed by atoms with van der Waals surface area (Å²) in [6.07, 6.45) is 3.64. The van der Waals surface area contributed by atoms with Crippen LogP contribution in [0.15, 0.2) is 36.1 Å². The third-order valence-electron chi connectivity index (χ3n) is 2.22. The zero-order valence-electron chi connectivity index (χ0n) is 8.09. The largest absolute Gasteiger partial charge is 0.254 e. The Morgan fingerprint density at radius 2 is 2.06 bits per heavy atom. The molecular formula is C11H6ClN3S. The van der Waals surface area contributed by atoms with E-state index in [1.807, 2.05) is 24.5 Å². The van der Waals surface area contributed by atoms with Gasteiger partial charge in [0.05, 0.1) is 21.4 Å². The first-order chi connectivity index (χ1) is 7.83. The summed E-state index contributed by atoms with van der Waals surface area (Å²) < 4.78 is 0. The molecule has 0 aliphatic rings. The highest BCUT2D eigenvalue weighted by Crippen LogP contribution is 2.25. The van der Waals surface area contributed by atoms with Gasteiger partial charge in [-0.25, -0.2) is 4.98 Å². The maximum absolute atomic E-state index is 5.85. The van der Waals surface area contributed by atoms with Crippen LogP contribution in [0, 0.1) is 0 Å². The van der Waals surface area contributed by atoms with Crippen LogP contribution in [0.1, 0.15) is 0 Å². The van der Waals surface area contributed by atoms with Crippen molar-refractivity contribution >= 4 is 34.0 Å². The molecule has 78 valence electrons. The molecule has 3 rings (SSSR count). The smallest absolute Gasteiger partial charge is 0.129 e. The Balaban J connectivity index is 2.22. The summed E-state index contributed by atoms with van der Waals surface area (Å²) >= 11 is 7.42. The monoisotopic (exact) mass is 247 g/mol. The number of hydrogen-bond donors (Lipinski definition) is 0. The normalized spacial score (nSPS) is 10.8. The molecule has 3 aromatic heterocycles. The molecule has 0 spiro atoms. The molecule has 3 aromatic rings. The van der Waals surface area contributed by atoms with E-state index in [1.54, 1.807) is 22.9 Å². The highest BCUT2D eigenvalue weighted by Gasteiger charge is 2.03. The maximum atomic E-state index is 5.85. The summed E-state index contributed by atoms with van der Waals surface area (Å²) in [5.41, 5.74) is 4.46. The van der Waals surface area contributed by atoms with Gasteiger partial charge in [0.1, 0.15) is 5.15 Å². The van der Waals surface area contributed by atoms with Crippen LogP contribution < -0.4 is 0 Å². The third-order valence-corrected chi connectivity index (χ3v) is 3.25. The fraction of sp³-hybridized carbons (Fsp3) is 0. The molecular weight excluding hydrogens is 242 g/mol. The van der Waals surface area contributed by atoms with Crippen molar-refractivity contribution in [3.63, 3.8) is 0 Å². The van der Waals surface area contributed by atoms with Crippen molar-refractivity contribution in [1.82, 2.24) is 15.0 Å². The lowest BCUT2D eigenvalue weighted by atomic mass is 10.2. The van der Waals surface area contributed by atoms with Crippen LogP contribution in [-0.2, 0) is 0 Å². The highest BCUT2D eigenvalue weighted by molar-refractivity contribution is 7.13. The van der Waals surface area contributed by atoms with Crippen molar-refractivity contribution in [3.8, 4) is 10.4 Å². The van der Waals surface area contributed by atoms with Crippen molar-refractivity contribution in [1.29, 1.82) is 0 Å². The van der Waals surface area contributed by atoms with Crippen molar-refractivity contribution in [2.24, 2.45) is 0 Å². The number of nitrogens with zero attached hydrogens (tertiary/aromatic N) is 3. The number of pyridine rings is 2. The average Bonchev–Trinajstić information content (AvgIpc) is 2.81. The molecule has 0 fully saturated rings. The number of hydrogen-bond acceptors (Lipinski definition) is 4. The lowest BCUT2D eigenvalue weighted by molar-refractivity contribution is 1.34. The van der Waals surface area contributed by atoms with Gasteiger partial charge in [0.15, 0.2) is 0 Å². The summed E-state index contributed by atoms with van der Waals surface area (Å²) in [6, 6.07) is 5.58. The molecule has 0 aliphatic carbocycles. The van der Waals surface area contributed by atoms with Crippen molar-refractivity contribution in [2.75, 3.05) is 0 Å². The van der Waals surface area contributed by atoms with E-state index in [1.165, 1.54) is 0 Å².